The Morgan fingerprint density at radius 2 is 2.27 bits per heavy atom. The Balaban J connectivity index is 2.13. The molecule has 0 unspecified atom stereocenters. The molecule has 0 aromatic heterocycles. The number of hydrogen-bond donors (Lipinski definition) is 3. The second kappa shape index (κ2) is 5.33. The van der Waals surface area contributed by atoms with Gasteiger partial charge in [-0.25, -0.2) is 0 Å². The number of carbonyl (C=O) groups is 3. The van der Waals surface area contributed by atoms with Gasteiger partial charge in [0.25, 0.3) is 0 Å². The third-order valence-electron chi connectivity index (χ3n) is 2.18. The Morgan fingerprint density at radius 3 is 2.80 bits per heavy atom. The summed E-state index contributed by atoms with van der Waals surface area (Å²) in [5.74, 6) is -1.22. The van der Waals surface area contributed by atoms with E-state index in [1.165, 1.54) is 0 Å². The molecule has 1 atom stereocenters. The van der Waals surface area contributed by atoms with Crippen LogP contribution >= 0.6 is 0 Å². The molecular formula is C9H14N2O4. The van der Waals surface area contributed by atoms with Crippen LogP contribution in [0.1, 0.15) is 25.7 Å². The van der Waals surface area contributed by atoms with Crippen molar-refractivity contribution in [2.24, 2.45) is 0 Å². The van der Waals surface area contributed by atoms with Crippen LogP contribution in [0.5, 0.6) is 0 Å². The zero-order valence-corrected chi connectivity index (χ0v) is 8.28. The number of amides is 2. The monoisotopic (exact) mass is 214 g/mol. The first-order valence-electron chi connectivity index (χ1n) is 4.88. The van der Waals surface area contributed by atoms with Crippen molar-refractivity contribution < 1.29 is 19.5 Å². The topological polar surface area (TPSA) is 95.5 Å². The van der Waals surface area contributed by atoms with Crippen LogP contribution < -0.4 is 10.6 Å². The van der Waals surface area contributed by atoms with Crippen molar-refractivity contribution in [3.8, 4) is 0 Å². The molecular weight excluding hydrogens is 200 g/mol. The Labute approximate surface area is 87.0 Å². The fourth-order valence-corrected chi connectivity index (χ4v) is 1.39. The molecule has 6 heteroatoms. The molecule has 6 nitrogen and oxygen atoms in total. The van der Waals surface area contributed by atoms with Gasteiger partial charge in [-0.2, -0.15) is 0 Å². The van der Waals surface area contributed by atoms with E-state index in [1.807, 2.05) is 0 Å². The highest BCUT2D eigenvalue weighted by Crippen LogP contribution is 2.05. The van der Waals surface area contributed by atoms with Crippen molar-refractivity contribution >= 4 is 17.8 Å². The first-order chi connectivity index (χ1) is 7.09. The molecule has 2 amide bonds. The Kier molecular flexibility index (Phi) is 4.08. The van der Waals surface area contributed by atoms with E-state index in [-0.39, 0.29) is 18.2 Å². The summed E-state index contributed by atoms with van der Waals surface area (Å²) in [4.78, 5) is 32.3. The lowest BCUT2D eigenvalue weighted by Crippen LogP contribution is -2.41. The summed E-state index contributed by atoms with van der Waals surface area (Å²) in [5.41, 5.74) is 0. The summed E-state index contributed by atoms with van der Waals surface area (Å²) in [6.07, 6.45) is 1.34. The number of rotatable bonds is 5. The number of aliphatic carboxylic acids is 1. The molecule has 1 aliphatic heterocycles. The Morgan fingerprint density at radius 1 is 1.53 bits per heavy atom. The maximum Gasteiger partial charge on any atom is 0.303 e. The SMILES string of the molecule is O=C(O)CCCNC(=O)[C@H]1CCC(=O)N1. The van der Waals surface area contributed by atoms with Gasteiger partial charge in [0.15, 0.2) is 0 Å². The number of carboxylic acid groups (broad SMARTS) is 1. The summed E-state index contributed by atoms with van der Waals surface area (Å²) >= 11 is 0. The normalized spacial score (nSPS) is 19.7. The standard InChI is InChI=1S/C9H14N2O4/c12-7-4-3-6(11-7)9(15)10-5-1-2-8(13)14/h6H,1-5H2,(H,10,15)(H,11,12)(H,13,14)/t6-/m1/s1. The molecule has 0 bridgehead atoms. The Hall–Kier alpha value is -1.59. The van der Waals surface area contributed by atoms with Gasteiger partial charge in [-0.05, 0) is 12.8 Å². The average molecular weight is 214 g/mol. The minimum absolute atomic E-state index is 0.0390. The molecule has 1 fully saturated rings. The molecule has 0 saturated carbocycles. The number of nitrogens with one attached hydrogen (secondary N) is 2. The third kappa shape index (κ3) is 3.97. The third-order valence-corrected chi connectivity index (χ3v) is 2.18. The van der Waals surface area contributed by atoms with E-state index in [4.69, 9.17) is 5.11 Å². The van der Waals surface area contributed by atoms with Crippen LogP contribution in [0.2, 0.25) is 0 Å². The van der Waals surface area contributed by atoms with Crippen LogP contribution in [0, 0.1) is 0 Å². The Bertz CT molecular complexity index is 277. The molecule has 3 N–H and O–H groups in total. The zero-order valence-electron chi connectivity index (χ0n) is 8.28. The van der Waals surface area contributed by atoms with Crippen LogP contribution in [-0.4, -0.2) is 35.5 Å². The highest BCUT2D eigenvalue weighted by atomic mass is 16.4. The molecule has 0 aliphatic carbocycles. The van der Waals surface area contributed by atoms with Crippen molar-refractivity contribution in [3.05, 3.63) is 0 Å². The molecule has 1 aliphatic rings. The van der Waals surface area contributed by atoms with Crippen molar-refractivity contribution in [1.29, 1.82) is 0 Å². The van der Waals surface area contributed by atoms with Gasteiger partial charge in [0.1, 0.15) is 6.04 Å². The van der Waals surface area contributed by atoms with Gasteiger partial charge in [-0.15, -0.1) is 0 Å². The largest absolute Gasteiger partial charge is 0.481 e. The summed E-state index contributed by atoms with van der Waals surface area (Å²) in [5, 5.41) is 13.5. The van der Waals surface area contributed by atoms with Crippen LogP contribution in [0.3, 0.4) is 0 Å². The molecule has 0 aromatic carbocycles. The van der Waals surface area contributed by atoms with Crippen molar-refractivity contribution in [2.45, 2.75) is 31.7 Å². The number of carboxylic acids is 1. The van der Waals surface area contributed by atoms with Gasteiger partial charge in [-0.3, -0.25) is 14.4 Å². The fourth-order valence-electron chi connectivity index (χ4n) is 1.39. The van der Waals surface area contributed by atoms with Crippen LogP contribution in [0.4, 0.5) is 0 Å². The maximum atomic E-state index is 11.4. The first-order valence-corrected chi connectivity index (χ1v) is 4.88. The first kappa shape index (κ1) is 11.5. The lowest BCUT2D eigenvalue weighted by molar-refractivity contribution is -0.137. The zero-order chi connectivity index (χ0) is 11.3. The van der Waals surface area contributed by atoms with Crippen LogP contribution in [-0.2, 0) is 14.4 Å². The second-order valence-corrected chi connectivity index (χ2v) is 3.45. The summed E-state index contributed by atoms with van der Waals surface area (Å²) < 4.78 is 0. The molecule has 84 valence electrons. The van der Waals surface area contributed by atoms with Gasteiger partial charge in [0.05, 0.1) is 0 Å². The quantitative estimate of drug-likeness (QED) is 0.524. The van der Waals surface area contributed by atoms with Crippen LogP contribution in [0.25, 0.3) is 0 Å². The molecule has 1 heterocycles. The van der Waals surface area contributed by atoms with Gasteiger partial charge in [0, 0.05) is 19.4 Å². The van der Waals surface area contributed by atoms with Gasteiger partial charge in [0.2, 0.25) is 11.8 Å². The molecule has 0 aromatic rings. The molecule has 1 rings (SSSR count). The van der Waals surface area contributed by atoms with E-state index in [9.17, 15) is 14.4 Å². The molecule has 1 saturated heterocycles. The van der Waals surface area contributed by atoms with E-state index < -0.39 is 12.0 Å². The number of hydrogen-bond acceptors (Lipinski definition) is 3. The second-order valence-electron chi connectivity index (χ2n) is 3.45. The summed E-state index contributed by atoms with van der Waals surface area (Å²) in [7, 11) is 0. The van der Waals surface area contributed by atoms with Gasteiger partial charge >= 0.3 is 5.97 Å². The van der Waals surface area contributed by atoms with Gasteiger partial charge < -0.3 is 15.7 Å². The minimum atomic E-state index is -0.876. The molecule has 15 heavy (non-hydrogen) atoms. The van der Waals surface area contributed by atoms with E-state index >= 15 is 0 Å². The van der Waals surface area contributed by atoms with Crippen molar-refractivity contribution in [2.75, 3.05) is 6.54 Å². The maximum absolute atomic E-state index is 11.4. The minimum Gasteiger partial charge on any atom is -0.481 e. The number of carbonyl (C=O) groups excluding carboxylic acids is 2. The van der Waals surface area contributed by atoms with E-state index in [1.54, 1.807) is 0 Å². The van der Waals surface area contributed by atoms with Crippen molar-refractivity contribution in [1.82, 2.24) is 10.6 Å². The van der Waals surface area contributed by atoms with Crippen molar-refractivity contribution in [3.63, 3.8) is 0 Å². The van der Waals surface area contributed by atoms with E-state index in [0.29, 0.717) is 25.8 Å². The molecule has 0 radical (unpaired) electrons. The lowest BCUT2D eigenvalue weighted by Gasteiger charge is -2.09. The fraction of sp³-hybridized carbons (Fsp3) is 0.667. The predicted molar refractivity (Wildman–Crippen MR) is 51.0 cm³/mol. The molecule has 0 spiro atoms. The highest BCUT2D eigenvalue weighted by molar-refractivity contribution is 5.90. The predicted octanol–water partition coefficient (Wildman–Crippen LogP) is -0.754. The van der Waals surface area contributed by atoms with Gasteiger partial charge in [-0.1, -0.05) is 0 Å². The smallest absolute Gasteiger partial charge is 0.303 e. The summed E-state index contributed by atoms with van der Waals surface area (Å²) in [6.45, 7) is 0.331. The average Bonchev–Trinajstić information content (AvgIpc) is 2.59. The van der Waals surface area contributed by atoms with E-state index in [2.05, 4.69) is 10.6 Å². The lowest BCUT2D eigenvalue weighted by atomic mass is 10.2. The van der Waals surface area contributed by atoms with E-state index in [0.717, 1.165) is 0 Å². The highest BCUT2D eigenvalue weighted by Gasteiger charge is 2.26. The summed E-state index contributed by atoms with van der Waals surface area (Å²) in [6, 6.07) is -0.442. The van der Waals surface area contributed by atoms with Crippen LogP contribution in [0.15, 0.2) is 0 Å².